The molecule has 11 heteroatoms. The first-order valence-corrected chi connectivity index (χ1v) is 15.6. The molecule has 0 saturated carbocycles. The van der Waals surface area contributed by atoms with Gasteiger partial charge in [-0.2, -0.15) is 5.26 Å². The molecule has 0 amide bonds. The highest BCUT2D eigenvalue weighted by atomic mass is 19.1. The first kappa shape index (κ1) is 32.3. The van der Waals surface area contributed by atoms with Gasteiger partial charge in [-0.1, -0.05) is 25.1 Å². The van der Waals surface area contributed by atoms with Gasteiger partial charge in [0.05, 0.1) is 53.0 Å². The van der Waals surface area contributed by atoms with E-state index in [4.69, 9.17) is 24.1 Å². The number of rotatable bonds is 11. The lowest BCUT2D eigenvalue weighted by molar-refractivity contribution is 0.00696. The van der Waals surface area contributed by atoms with Crippen LogP contribution in [0.5, 0.6) is 5.88 Å². The minimum absolute atomic E-state index is 0.00626. The number of fused-ring (bicyclic) bond motifs is 2. The lowest BCUT2D eigenvalue weighted by atomic mass is 10.1. The fourth-order valence-electron chi connectivity index (χ4n) is 5.36. The second-order valence-electron chi connectivity index (χ2n) is 12.5. The number of nitrogens with zero attached hydrogens (tertiary/aromatic N) is 6. The number of halogens is 1. The number of oxazole rings is 1. The Bertz CT molecular complexity index is 2130. The Hall–Kier alpha value is -5.60. The lowest BCUT2D eigenvalue weighted by Crippen LogP contribution is -2.24. The number of aromatic nitrogens is 4. The molecule has 0 aliphatic rings. The van der Waals surface area contributed by atoms with E-state index < -0.39 is 17.4 Å². The van der Waals surface area contributed by atoms with Crippen LogP contribution in [-0.2, 0) is 31.0 Å². The summed E-state index contributed by atoms with van der Waals surface area (Å²) in [5.74, 6) is 0.974. The fourth-order valence-corrected chi connectivity index (χ4v) is 5.36. The number of nitriles is 1. The predicted molar refractivity (Wildman–Crippen MR) is 177 cm³/mol. The van der Waals surface area contributed by atoms with Gasteiger partial charge in [-0.15, -0.1) is 0 Å². The predicted octanol–water partition coefficient (Wildman–Crippen LogP) is 7.19. The monoisotopic (exact) mass is 646 g/mol. The molecule has 3 aromatic carbocycles. The van der Waals surface area contributed by atoms with Gasteiger partial charge in [0.2, 0.25) is 5.88 Å². The van der Waals surface area contributed by atoms with Crippen LogP contribution in [-0.4, -0.2) is 42.5 Å². The number of hydrogen-bond acceptors (Lipinski definition) is 9. The zero-order valence-electron chi connectivity index (χ0n) is 27.2. The van der Waals surface area contributed by atoms with Gasteiger partial charge < -0.3 is 18.5 Å². The fraction of sp³-hybridized carbons (Fsp3) is 0.270. The number of benzene rings is 3. The smallest absolute Gasteiger partial charge is 0.338 e. The van der Waals surface area contributed by atoms with Gasteiger partial charge >= 0.3 is 5.97 Å². The molecule has 0 bridgehead atoms. The van der Waals surface area contributed by atoms with Crippen molar-refractivity contribution < 1.29 is 23.1 Å². The lowest BCUT2D eigenvalue weighted by Gasteiger charge is -2.21. The molecule has 0 atom stereocenters. The van der Waals surface area contributed by atoms with Crippen molar-refractivity contribution in [1.82, 2.24) is 24.4 Å². The number of esters is 1. The third-order valence-electron chi connectivity index (χ3n) is 7.77. The van der Waals surface area contributed by atoms with Crippen molar-refractivity contribution in [2.24, 2.45) is 0 Å². The van der Waals surface area contributed by atoms with Crippen molar-refractivity contribution in [2.75, 3.05) is 6.54 Å². The summed E-state index contributed by atoms with van der Waals surface area (Å²) in [7, 11) is 0. The Labute approximate surface area is 277 Å². The molecule has 0 unspecified atom stereocenters. The summed E-state index contributed by atoms with van der Waals surface area (Å²) in [6.07, 6.45) is 3.07. The Kier molecular flexibility index (Phi) is 9.19. The van der Waals surface area contributed by atoms with Crippen molar-refractivity contribution in [2.45, 2.75) is 59.5 Å². The molecule has 10 nitrogen and oxygen atoms in total. The quantitative estimate of drug-likeness (QED) is 0.135. The van der Waals surface area contributed by atoms with Crippen molar-refractivity contribution in [3.8, 4) is 11.9 Å². The minimum Gasteiger partial charge on any atom is -0.473 e. The van der Waals surface area contributed by atoms with Gasteiger partial charge in [-0.05, 0) is 75.3 Å². The number of pyridine rings is 1. The minimum atomic E-state index is -0.614. The van der Waals surface area contributed by atoms with Crippen LogP contribution in [0.4, 0.5) is 4.39 Å². The van der Waals surface area contributed by atoms with Crippen LogP contribution in [0.15, 0.2) is 83.7 Å². The van der Waals surface area contributed by atoms with E-state index in [-0.39, 0.29) is 12.2 Å². The highest BCUT2D eigenvalue weighted by Gasteiger charge is 2.21. The summed E-state index contributed by atoms with van der Waals surface area (Å²) in [6, 6.07) is 21.4. The molecule has 0 radical (unpaired) electrons. The number of ether oxygens (including phenoxy) is 2. The Morgan fingerprint density at radius 1 is 1.02 bits per heavy atom. The molecule has 0 saturated heterocycles. The number of carbonyl (C=O) groups excluding carboxylic acids is 1. The first-order valence-electron chi connectivity index (χ1n) is 15.6. The van der Waals surface area contributed by atoms with Gasteiger partial charge in [0.1, 0.15) is 29.6 Å². The van der Waals surface area contributed by atoms with Crippen LogP contribution < -0.4 is 4.74 Å². The summed E-state index contributed by atoms with van der Waals surface area (Å²) in [5.41, 5.74) is 3.80. The van der Waals surface area contributed by atoms with Crippen LogP contribution in [0.3, 0.4) is 0 Å². The van der Waals surface area contributed by atoms with E-state index in [1.807, 2.05) is 57.2 Å². The maximum atomic E-state index is 14.4. The van der Waals surface area contributed by atoms with Gasteiger partial charge in [0.25, 0.3) is 0 Å². The summed E-state index contributed by atoms with van der Waals surface area (Å²) < 4.78 is 33.4. The molecule has 6 rings (SSSR count). The van der Waals surface area contributed by atoms with Crippen molar-refractivity contribution in [3.63, 3.8) is 0 Å². The molecule has 0 fully saturated rings. The molecule has 0 N–H and O–H groups in total. The summed E-state index contributed by atoms with van der Waals surface area (Å²) >= 11 is 0. The summed E-state index contributed by atoms with van der Waals surface area (Å²) in [5, 5.41) is 9.94. The Balaban J connectivity index is 1.23. The molecule has 48 heavy (non-hydrogen) atoms. The van der Waals surface area contributed by atoms with E-state index >= 15 is 0 Å². The van der Waals surface area contributed by atoms with E-state index in [0.717, 1.165) is 39.9 Å². The van der Waals surface area contributed by atoms with Crippen LogP contribution in [0.2, 0.25) is 0 Å². The van der Waals surface area contributed by atoms with Crippen molar-refractivity contribution in [1.29, 1.82) is 5.26 Å². The largest absolute Gasteiger partial charge is 0.473 e. The van der Waals surface area contributed by atoms with Crippen LogP contribution in [0.1, 0.15) is 66.3 Å². The first-order chi connectivity index (χ1) is 23.1. The van der Waals surface area contributed by atoms with E-state index in [2.05, 4.69) is 32.4 Å². The van der Waals surface area contributed by atoms with Crippen molar-refractivity contribution in [3.05, 3.63) is 119 Å². The maximum Gasteiger partial charge on any atom is 0.338 e. The highest BCUT2D eigenvalue weighted by molar-refractivity contribution is 5.94. The van der Waals surface area contributed by atoms with Gasteiger partial charge in [0, 0.05) is 23.6 Å². The average Bonchev–Trinajstić information content (AvgIpc) is 3.70. The molecule has 3 heterocycles. The average molecular weight is 647 g/mol. The summed E-state index contributed by atoms with van der Waals surface area (Å²) in [6.45, 7) is 9.93. The molecule has 0 aliphatic carbocycles. The topological polar surface area (TPSA) is 119 Å². The van der Waals surface area contributed by atoms with Crippen LogP contribution in [0.25, 0.3) is 21.9 Å². The highest BCUT2D eigenvalue weighted by Crippen LogP contribution is 2.25. The van der Waals surface area contributed by atoms with E-state index in [0.29, 0.717) is 42.4 Å². The van der Waals surface area contributed by atoms with Crippen LogP contribution in [0, 0.1) is 17.1 Å². The van der Waals surface area contributed by atoms with Gasteiger partial charge in [-0.3, -0.25) is 4.90 Å². The molecular weight excluding hydrogens is 611 g/mol. The number of hydrogen-bond donors (Lipinski definition) is 0. The normalized spacial score (nSPS) is 11.7. The second kappa shape index (κ2) is 13.6. The molecule has 0 spiro atoms. The zero-order chi connectivity index (χ0) is 33.8. The Morgan fingerprint density at radius 3 is 2.58 bits per heavy atom. The van der Waals surface area contributed by atoms with Crippen molar-refractivity contribution >= 4 is 27.9 Å². The number of carbonyl (C=O) groups is 1. The van der Waals surface area contributed by atoms with Gasteiger partial charge in [-0.25, -0.2) is 24.1 Å². The zero-order valence-corrected chi connectivity index (χ0v) is 27.2. The van der Waals surface area contributed by atoms with E-state index in [1.54, 1.807) is 30.5 Å². The third kappa shape index (κ3) is 7.51. The van der Waals surface area contributed by atoms with Crippen LogP contribution >= 0.6 is 0 Å². The van der Waals surface area contributed by atoms with Gasteiger partial charge in [0.15, 0.2) is 6.39 Å². The molecule has 0 aliphatic heterocycles. The Morgan fingerprint density at radius 2 is 1.85 bits per heavy atom. The third-order valence-corrected chi connectivity index (χ3v) is 7.77. The summed E-state index contributed by atoms with van der Waals surface area (Å²) in [4.78, 5) is 28.9. The number of imidazole rings is 1. The standard InChI is InChI=1S/C37H35FN6O4/c1-5-43(19-25-7-8-26-11-13-35(42-32(26)15-25)46-22-28-9-6-24(17-39)14-30(28)38)21-34-41-31-12-10-27(36(45)48-37(2,3)4)16-33(31)44(34)20-29-18-40-23-47-29/h6-16,18,23H,5,19-22H2,1-4H3. The second-order valence-corrected chi connectivity index (χ2v) is 12.5. The molecular formula is C37H35FN6O4. The molecule has 3 aromatic heterocycles. The molecule has 6 aromatic rings. The maximum absolute atomic E-state index is 14.4. The van der Waals surface area contributed by atoms with E-state index in [1.165, 1.54) is 12.5 Å². The molecule has 244 valence electrons. The SMILES string of the molecule is CCN(Cc1ccc2ccc(OCc3ccc(C#N)cc3F)nc2c1)Cc1nc2ccc(C(=O)OC(C)(C)C)cc2n1Cc1cnco1. The van der Waals surface area contributed by atoms with E-state index in [9.17, 15) is 9.18 Å².